The zero-order valence-corrected chi connectivity index (χ0v) is 6.11. The molecule has 0 N–H and O–H groups in total. The van der Waals surface area contributed by atoms with E-state index in [1.54, 1.807) is 6.08 Å². The van der Waals surface area contributed by atoms with Gasteiger partial charge in [0.05, 0.1) is 0 Å². The van der Waals surface area contributed by atoms with Gasteiger partial charge in [-0.15, -0.1) is 0 Å². The third kappa shape index (κ3) is 1.37. The fourth-order valence-electron chi connectivity index (χ4n) is 0.702. The van der Waals surface area contributed by atoms with Crippen LogP contribution in [0, 0.1) is 0 Å². The van der Waals surface area contributed by atoms with Crippen LogP contribution in [0.4, 0.5) is 4.79 Å². The van der Waals surface area contributed by atoms with Crippen LogP contribution in [0.5, 0.6) is 0 Å². The number of halogens is 2. The minimum absolute atomic E-state index is 0.440. The van der Waals surface area contributed by atoms with Gasteiger partial charge in [0, 0.05) is 6.54 Å². The van der Waals surface area contributed by atoms with Gasteiger partial charge in [0.25, 0.3) is 0 Å². The van der Waals surface area contributed by atoms with Crippen molar-refractivity contribution in [1.29, 1.82) is 0 Å². The molecule has 0 unspecified atom stereocenters. The van der Waals surface area contributed by atoms with Crippen LogP contribution in [0.2, 0.25) is 0 Å². The van der Waals surface area contributed by atoms with Crippen molar-refractivity contribution in [3.8, 4) is 0 Å². The summed E-state index contributed by atoms with van der Waals surface area (Å²) in [6.45, 7) is 0.612. The normalized spacial score (nSPS) is 18.0. The molecule has 0 fully saturated rings. The SMILES string of the molecule is O=C(Cl)N1CCC=C1Cl. The summed E-state index contributed by atoms with van der Waals surface area (Å²) in [6.07, 6.45) is 2.57. The van der Waals surface area contributed by atoms with Gasteiger partial charge in [0.15, 0.2) is 0 Å². The van der Waals surface area contributed by atoms with Crippen LogP contribution in [0.25, 0.3) is 0 Å². The van der Waals surface area contributed by atoms with E-state index in [1.165, 1.54) is 4.90 Å². The minimum Gasteiger partial charge on any atom is -0.289 e. The number of hydrogen-bond acceptors (Lipinski definition) is 1. The summed E-state index contributed by atoms with van der Waals surface area (Å²) in [6, 6.07) is 0. The molecule has 0 aromatic heterocycles. The van der Waals surface area contributed by atoms with Crippen LogP contribution < -0.4 is 0 Å². The first kappa shape index (κ1) is 6.90. The lowest BCUT2D eigenvalue weighted by atomic mass is 10.5. The molecule has 2 nitrogen and oxygen atoms in total. The lowest BCUT2D eigenvalue weighted by Gasteiger charge is -2.09. The second-order valence-corrected chi connectivity index (χ2v) is 2.43. The highest BCUT2D eigenvalue weighted by atomic mass is 35.5. The van der Waals surface area contributed by atoms with Gasteiger partial charge in [-0.05, 0) is 24.1 Å². The van der Waals surface area contributed by atoms with E-state index in [0.717, 1.165) is 6.42 Å². The Hall–Kier alpha value is -0.210. The summed E-state index contributed by atoms with van der Waals surface area (Å²) in [4.78, 5) is 11.7. The summed E-state index contributed by atoms with van der Waals surface area (Å²) >= 11 is 10.7. The number of carbonyl (C=O) groups excluding carboxylic acids is 1. The maximum Gasteiger partial charge on any atom is 0.321 e. The van der Waals surface area contributed by atoms with Crippen molar-refractivity contribution in [2.75, 3.05) is 6.54 Å². The van der Waals surface area contributed by atoms with E-state index in [2.05, 4.69) is 0 Å². The van der Waals surface area contributed by atoms with Crippen LogP contribution in [0.1, 0.15) is 6.42 Å². The van der Waals surface area contributed by atoms with Crippen molar-refractivity contribution in [2.45, 2.75) is 6.42 Å². The Morgan fingerprint density at radius 2 is 2.44 bits per heavy atom. The Morgan fingerprint density at radius 1 is 1.78 bits per heavy atom. The zero-order chi connectivity index (χ0) is 6.85. The number of nitrogens with zero attached hydrogens (tertiary/aromatic N) is 1. The molecule has 50 valence electrons. The number of amides is 1. The summed E-state index contributed by atoms with van der Waals surface area (Å²) < 4.78 is 0. The third-order valence-corrected chi connectivity index (χ3v) is 1.70. The first-order valence-corrected chi connectivity index (χ1v) is 3.30. The van der Waals surface area contributed by atoms with Gasteiger partial charge in [0.1, 0.15) is 5.16 Å². The van der Waals surface area contributed by atoms with Crippen LogP contribution in [-0.4, -0.2) is 16.8 Å². The molecule has 1 aliphatic heterocycles. The molecule has 1 heterocycles. The van der Waals surface area contributed by atoms with E-state index in [-0.39, 0.29) is 0 Å². The molecule has 0 radical (unpaired) electrons. The monoisotopic (exact) mass is 165 g/mol. The Bertz CT molecular complexity index is 166. The molecule has 0 atom stereocenters. The Balaban J connectivity index is 2.63. The summed E-state index contributed by atoms with van der Waals surface area (Å²) in [5, 5.41) is -0.0660. The van der Waals surface area contributed by atoms with Crippen LogP contribution in [0.3, 0.4) is 0 Å². The lowest BCUT2D eigenvalue weighted by molar-refractivity contribution is 0.239. The van der Waals surface area contributed by atoms with Gasteiger partial charge in [-0.1, -0.05) is 11.6 Å². The van der Waals surface area contributed by atoms with Gasteiger partial charge >= 0.3 is 5.37 Å². The average Bonchev–Trinajstić information content (AvgIpc) is 2.13. The largest absolute Gasteiger partial charge is 0.321 e. The molecule has 1 aliphatic rings. The van der Waals surface area contributed by atoms with E-state index >= 15 is 0 Å². The van der Waals surface area contributed by atoms with Crippen molar-refractivity contribution in [3.63, 3.8) is 0 Å². The minimum atomic E-state index is -0.506. The van der Waals surface area contributed by atoms with E-state index < -0.39 is 5.37 Å². The highest BCUT2D eigenvalue weighted by molar-refractivity contribution is 6.63. The molecule has 0 aromatic carbocycles. The van der Waals surface area contributed by atoms with Gasteiger partial charge < -0.3 is 0 Å². The van der Waals surface area contributed by atoms with Crippen molar-refractivity contribution in [1.82, 2.24) is 4.90 Å². The molecular weight excluding hydrogens is 161 g/mol. The quantitative estimate of drug-likeness (QED) is 0.398. The molecule has 1 rings (SSSR count). The number of hydrogen-bond donors (Lipinski definition) is 0. The average molecular weight is 166 g/mol. The highest BCUT2D eigenvalue weighted by Crippen LogP contribution is 2.19. The third-order valence-electron chi connectivity index (χ3n) is 1.14. The first-order valence-electron chi connectivity index (χ1n) is 2.54. The van der Waals surface area contributed by atoms with Gasteiger partial charge in [-0.2, -0.15) is 0 Å². The van der Waals surface area contributed by atoms with E-state index in [0.29, 0.717) is 11.7 Å². The molecular formula is C5H5Cl2NO. The molecule has 1 amide bonds. The predicted molar refractivity (Wildman–Crippen MR) is 36.5 cm³/mol. The van der Waals surface area contributed by atoms with E-state index in [1.807, 2.05) is 0 Å². The predicted octanol–water partition coefficient (Wildman–Crippen LogP) is 2.13. The highest BCUT2D eigenvalue weighted by Gasteiger charge is 2.17. The first-order chi connectivity index (χ1) is 4.22. The van der Waals surface area contributed by atoms with Gasteiger partial charge in [0.2, 0.25) is 0 Å². The Kier molecular flexibility index (Phi) is 1.98. The molecule has 0 saturated carbocycles. The molecule has 9 heavy (non-hydrogen) atoms. The zero-order valence-electron chi connectivity index (χ0n) is 4.60. The van der Waals surface area contributed by atoms with Crippen LogP contribution >= 0.6 is 23.2 Å². The second kappa shape index (κ2) is 2.58. The Labute approximate surface area is 63.0 Å². The second-order valence-electron chi connectivity index (χ2n) is 1.72. The van der Waals surface area contributed by atoms with Crippen molar-refractivity contribution >= 4 is 28.6 Å². The fraction of sp³-hybridized carbons (Fsp3) is 0.400. The molecule has 0 aromatic rings. The van der Waals surface area contributed by atoms with Gasteiger partial charge in [-0.3, -0.25) is 9.69 Å². The fourth-order valence-corrected chi connectivity index (χ4v) is 1.19. The lowest BCUT2D eigenvalue weighted by Crippen LogP contribution is -2.19. The summed E-state index contributed by atoms with van der Waals surface area (Å²) in [7, 11) is 0. The number of rotatable bonds is 0. The van der Waals surface area contributed by atoms with Crippen molar-refractivity contribution in [2.24, 2.45) is 0 Å². The van der Waals surface area contributed by atoms with Crippen molar-refractivity contribution < 1.29 is 4.79 Å². The van der Waals surface area contributed by atoms with E-state index in [4.69, 9.17) is 23.2 Å². The summed E-state index contributed by atoms with van der Waals surface area (Å²) in [5.74, 6) is 0. The number of carbonyl (C=O) groups is 1. The summed E-state index contributed by atoms with van der Waals surface area (Å²) in [5.41, 5.74) is 0. The van der Waals surface area contributed by atoms with Gasteiger partial charge in [-0.25, -0.2) is 0 Å². The maximum absolute atomic E-state index is 10.4. The Morgan fingerprint density at radius 3 is 2.67 bits per heavy atom. The standard InChI is InChI=1S/C5H5Cl2NO/c6-4-2-1-3-8(4)5(7)9/h2H,1,3H2. The van der Waals surface area contributed by atoms with Crippen molar-refractivity contribution in [3.05, 3.63) is 11.2 Å². The smallest absolute Gasteiger partial charge is 0.289 e. The molecule has 0 aliphatic carbocycles. The molecule has 0 bridgehead atoms. The molecule has 4 heteroatoms. The molecule has 0 spiro atoms. The van der Waals surface area contributed by atoms with Crippen LogP contribution in [-0.2, 0) is 0 Å². The molecule has 0 saturated heterocycles. The topological polar surface area (TPSA) is 20.3 Å². The van der Waals surface area contributed by atoms with Crippen LogP contribution in [0.15, 0.2) is 11.2 Å². The van der Waals surface area contributed by atoms with E-state index in [9.17, 15) is 4.79 Å². The maximum atomic E-state index is 10.4.